The van der Waals surface area contributed by atoms with Crippen molar-refractivity contribution in [3.8, 4) is 66.8 Å². The number of hydrogen-bond donors (Lipinski definition) is 1. The largest absolute Gasteiger partial charge is 0.355 e. The Labute approximate surface area is 372 Å². The van der Waals surface area contributed by atoms with Crippen molar-refractivity contribution in [3.05, 3.63) is 230 Å². The summed E-state index contributed by atoms with van der Waals surface area (Å²) in [7, 11) is 0. The first-order chi connectivity index (χ1) is 31.0. The summed E-state index contributed by atoms with van der Waals surface area (Å²) in [5, 5.41) is 9.11. The topological polar surface area (TPSA) is 12.0 Å². The Morgan fingerprint density at radius 2 is 0.937 bits per heavy atom. The summed E-state index contributed by atoms with van der Waals surface area (Å²) in [5.41, 5.74) is 19.5. The van der Waals surface area contributed by atoms with Crippen molar-refractivity contribution in [1.29, 1.82) is 0 Å². The van der Waals surface area contributed by atoms with Crippen LogP contribution in [0.5, 0.6) is 0 Å². The maximum absolute atomic E-state index is 3.92. The van der Waals surface area contributed by atoms with Gasteiger partial charge in [-0.3, -0.25) is 0 Å². The van der Waals surface area contributed by atoms with Crippen molar-refractivity contribution in [1.82, 2.24) is 0 Å². The van der Waals surface area contributed by atoms with E-state index >= 15 is 0 Å². The first-order valence-corrected chi connectivity index (χ1v) is 22.6. The molecule has 0 amide bonds. The molecule has 1 aliphatic rings. The first-order valence-electron chi connectivity index (χ1n) is 21.8. The number of nitrogens with one attached hydrogen (secondary N) is 1. The predicted octanol–water partition coefficient (Wildman–Crippen LogP) is 17.6. The molecule has 0 saturated heterocycles. The Hall–Kier alpha value is -7.52. The van der Waals surface area contributed by atoms with Crippen LogP contribution in [0.25, 0.3) is 97.7 Å². The molecule has 298 valence electrons. The lowest BCUT2D eigenvalue weighted by atomic mass is 9.81. The third kappa shape index (κ3) is 6.29. The maximum Gasteiger partial charge on any atom is 0.0464 e. The van der Waals surface area contributed by atoms with E-state index in [1.807, 2.05) is 11.3 Å². The third-order valence-electron chi connectivity index (χ3n) is 13.3. The second kappa shape index (κ2) is 14.8. The normalized spacial score (nSPS) is 12.7. The van der Waals surface area contributed by atoms with Gasteiger partial charge in [-0.1, -0.05) is 190 Å². The number of rotatable bonds is 7. The summed E-state index contributed by atoms with van der Waals surface area (Å²) in [4.78, 5) is 0. The molecule has 0 fully saturated rings. The molecule has 1 aliphatic carbocycles. The van der Waals surface area contributed by atoms with Crippen molar-refractivity contribution in [2.24, 2.45) is 0 Å². The summed E-state index contributed by atoms with van der Waals surface area (Å²) in [6, 6.07) is 80.4. The van der Waals surface area contributed by atoms with Crippen LogP contribution >= 0.6 is 11.3 Å². The van der Waals surface area contributed by atoms with Gasteiger partial charge in [0.25, 0.3) is 0 Å². The second-order valence-electron chi connectivity index (χ2n) is 17.3. The van der Waals surface area contributed by atoms with E-state index in [0.29, 0.717) is 0 Å². The Morgan fingerprint density at radius 3 is 1.83 bits per heavy atom. The van der Waals surface area contributed by atoms with Crippen molar-refractivity contribution >= 4 is 53.7 Å². The van der Waals surface area contributed by atoms with Crippen LogP contribution in [0.2, 0.25) is 0 Å². The molecule has 2 heteroatoms. The van der Waals surface area contributed by atoms with Crippen LogP contribution in [0.1, 0.15) is 25.0 Å². The molecule has 12 rings (SSSR count). The van der Waals surface area contributed by atoms with Gasteiger partial charge in [0.2, 0.25) is 0 Å². The monoisotopic (exact) mass is 821 g/mol. The molecular formula is C61H43NS. The van der Waals surface area contributed by atoms with Crippen LogP contribution < -0.4 is 5.32 Å². The maximum atomic E-state index is 3.92. The van der Waals surface area contributed by atoms with Gasteiger partial charge < -0.3 is 5.32 Å². The van der Waals surface area contributed by atoms with Gasteiger partial charge in [0, 0.05) is 42.5 Å². The Morgan fingerprint density at radius 1 is 0.349 bits per heavy atom. The van der Waals surface area contributed by atoms with E-state index in [1.165, 1.54) is 103 Å². The van der Waals surface area contributed by atoms with Crippen LogP contribution in [-0.4, -0.2) is 0 Å². The van der Waals surface area contributed by atoms with Gasteiger partial charge in [0.05, 0.1) is 0 Å². The van der Waals surface area contributed by atoms with E-state index in [-0.39, 0.29) is 5.41 Å². The smallest absolute Gasteiger partial charge is 0.0464 e. The number of para-hydroxylation sites is 1. The molecule has 1 heterocycles. The Balaban J connectivity index is 0.934. The molecule has 10 aromatic carbocycles. The van der Waals surface area contributed by atoms with Crippen molar-refractivity contribution in [2.45, 2.75) is 19.3 Å². The third-order valence-corrected chi connectivity index (χ3v) is 14.5. The lowest BCUT2D eigenvalue weighted by Gasteiger charge is -2.23. The fourth-order valence-corrected chi connectivity index (χ4v) is 11.3. The molecule has 0 bridgehead atoms. The molecule has 0 aliphatic heterocycles. The average Bonchev–Trinajstić information content (AvgIpc) is 3.83. The molecule has 1 aromatic heterocycles. The van der Waals surface area contributed by atoms with Gasteiger partial charge in [0.15, 0.2) is 0 Å². The quantitative estimate of drug-likeness (QED) is 0.169. The SMILES string of the molecule is CC1(C)c2cc(Nc3ccccc3-c3ccc(-c4ccccc4)cc3-c3cccc(-c4cccc5c4sc4ccccc45)c3)ccc2-c2ccc(-c3cccc4ccccc34)cc21. The van der Waals surface area contributed by atoms with E-state index in [2.05, 4.69) is 238 Å². The summed E-state index contributed by atoms with van der Waals surface area (Å²) in [5.74, 6) is 0. The van der Waals surface area contributed by atoms with E-state index in [1.54, 1.807) is 0 Å². The Bertz CT molecular complexity index is 3570. The fraction of sp³-hybridized carbons (Fsp3) is 0.0492. The number of fused-ring (bicyclic) bond motifs is 7. The number of anilines is 2. The van der Waals surface area contributed by atoms with Gasteiger partial charge in [-0.25, -0.2) is 0 Å². The molecule has 11 aromatic rings. The highest BCUT2D eigenvalue weighted by Crippen LogP contribution is 2.51. The molecule has 0 spiro atoms. The van der Waals surface area contributed by atoms with Crippen molar-refractivity contribution in [2.75, 3.05) is 5.32 Å². The van der Waals surface area contributed by atoms with Crippen LogP contribution in [0.4, 0.5) is 11.4 Å². The molecular weight excluding hydrogens is 779 g/mol. The molecule has 0 atom stereocenters. The van der Waals surface area contributed by atoms with Gasteiger partial charge >= 0.3 is 0 Å². The summed E-state index contributed by atoms with van der Waals surface area (Å²) < 4.78 is 2.65. The van der Waals surface area contributed by atoms with Gasteiger partial charge in [-0.05, 0) is 126 Å². The lowest BCUT2D eigenvalue weighted by molar-refractivity contribution is 0.661. The second-order valence-corrected chi connectivity index (χ2v) is 18.4. The highest BCUT2D eigenvalue weighted by atomic mass is 32.1. The molecule has 1 nitrogen and oxygen atoms in total. The average molecular weight is 822 g/mol. The minimum absolute atomic E-state index is 0.173. The minimum Gasteiger partial charge on any atom is -0.355 e. The lowest BCUT2D eigenvalue weighted by Crippen LogP contribution is -2.15. The van der Waals surface area contributed by atoms with Gasteiger partial charge in [-0.2, -0.15) is 0 Å². The van der Waals surface area contributed by atoms with E-state index < -0.39 is 0 Å². The zero-order valence-corrected chi connectivity index (χ0v) is 36.0. The summed E-state index contributed by atoms with van der Waals surface area (Å²) in [6.07, 6.45) is 0. The highest BCUT2D eigenvalue weighted by molar-refractivity contribution is 7.26. The van der Waals surface area contributed by atoms with Crippen LogP contribution in [0.3, 0.4) is 0 Å². The van der Waals surface area contributed by atoms with E-state index in [0.717, 1.165) is 16.9 Å². The zero-order chi connectivity index (χ0) is 42.1. The van der Waals surface area contributed by atoms with Crippen LogP contribution in [0, 0.1) is 0 Å². The standard InChI is InChI=1S/C61H43NS/c1-61(2)56-37-44(47-24-13-18-40-17-6-7-21-46(40)47)30-33-50(56)51-34-31-45(38-57(51)61)62-58-27-10-8-22-52(58)49-32-29-41(39-15-4-3-5-16-39)36-55(49)43-20-12-19-42(35-43)48-25-14-26-54-53-23-9-11-28-59(53)63-60(48)54/h3-38,62H,1-2H3. The predicted molar refractivity (Wildman–Crippen MR) is 271 cm³/mol. The summed E-state index contributed by atoms with van der Waals surface area (Å²) >= 11 is 1.88. The number of hydrogen-bond acceptors (Lipinski definition) is 2. The summed E-state index contributed by atoms with van der Waals surface area (Å²) in [6.45, 7) is 4.75. The van der Waals surface area contributed by atoms with Crippen LogP contribution in [0.15, 0.2) is 218 Å². The van der Waals surface area contributed by atoms with Gasteiger partial charge in [0.1, 0.15) is 0 Å². The highest BCUT2D eigenvalue weighted by Gasteiger charge is 2.36. The molecule has 0 saturated carbocycles. The number of benzene rings is 10. The van der Waals surface area contributed by atoms with Crippen molar-refractivity contribution < 1.29 is 0 Å². The van der Waals surface area contributed by atoms with Gasteiger partial charge in [-0.15, -0.1) is 11.3 Å². The van der Waals surface area contributed by atoms with E-state index in [9.17, 15) is 0 Å². The first kappa shape index (κ1) is 37.3. The molecule has 63 heavy (non-hydrogen) atoms. The van der Waals surface area contributed by atoms with E-state index in [4.69, 9.17) is 0 Å². The molecule has 1 N–H and O–H groups in total. The fourth-order valence-electron chi connectivity index (χ4n) is 10.1. The number of thiophene rings is 1. The zero-order valence-electron chi connectivity index (χ0n) is 35.2. The molecule has 0 radical (unpaired) electrons. The Kier molecular flexibility index (Phi) is 8.77. The van der Waals surface area contributed by atoms with Crippen molar-refractivity contribution in [3.63, 3.8) is 0 Å². The van der Waals surface area contributed by atoms with Crippen LogP contribution in [-0.2, 0) is 5.41 Å². The minimum atomic E-state index is -0.173. The molecule has 0 unspecified atom stereocenters.